The highest BCUT2D eigenvalue weighted by Gasteiger charge is 2.35. The third kappa shape index (κ3) is 2.25. The summed E-state index contributed by atoms with van der Waals surface area (Å²) in [5.74, 6) is -1.03. The molecule has 2 heterocycles. The Bertz CT molecular complexity index is 505. The van der Waals surface area contributed by atoms with E-state index >= 15 is 0 Å². The van der Waals surface area contributed by atoms with Gasteiger partial charge in [-0.2, -0.15) is 0 Å². The molecular formula is C14H18N2O3. The molecule has 19 heavy (non-hydrogen) atoms. The van der Waals surface area contributed by atoms with Crippen molar-refractivity contribution in [3.8, 4) is 0 Å². The fourth-order valence-corrected chi connectivity index (χ4v) is 2.82. The fourth-order valence-electron chi connectivity index (χ4n) is 2.82. The summed E-state index contributed by atoms with van der Waals surface area (Å²) in [5, 5.41) is 9.25. The quantitative estimate of drug-likeness (QED) is 0.905. The minimum Gasteiger partial charge on any atom is -0.480 e. The third-order valence-electron chi connectivity index (χ3n) is 3.99. The van der Waals surface area contributed by atoms with Crippen molar-refractivity contribution in [2.75, 3.05) is 6.54 Å². The van der Waals surface area contributed by atoms with Crippen LogP contribution in [-0.2, 0) is 4.79 Å². The first-order chi connectivity index (χ1) is 9.18. The maximum atomic E-state index is 12.6. The zero-order chi connectivity index (χ0) is 13.4. The van der Waals surface area contributed by atoms with E-state index in [1.807, 2.05) is 16.8 Å². The van der Waals surface area contributed by atoms with Crippen molar-refractivity contribution in [1.29, 1.82) is 0 Å². The molecule has 1 amide bonds. The van der Waals surface area contributed by atoms with Crippen molar-refractivity contribution < 1.29 is 14.7 Å². The Morgan fingerprint density at radius 3 is 2.68 bits per heavy atom. The number of hydrogen-bond donors (Lipinski definition) is 1. The van der Waals surface area contributed by atoms with Gasteiger partial charge in [0, 0.05) is 18.8 Å². The topological polar surface area (TPSA) is 62.5 Å². The standard InChI is InChI=1S/C14H18N2O3/c17-13(11-5-3-9-15(11)10-6-7-10)16-8-2-1-4-12(16)14(18)19/h3,5,9-10,12H,1-2,4,6-8H2,(H,18,19)/t12-/m1/s1. The molecule has 102 valence electrons. The zero-order valence-electron chi connectivity index (χ0n) is 10.8. The summed E-state index contributed by atoms with van der Waals surface area (Å²) in [6.45, 7) is 0.547. The zero-order valence-corrected chi connectivity index (χ0v) is 10.8. The van der Waals surface area contributed by atoms with Crippen LogP contribution >= 0.6 is 0 Å². The molecule has 0 spiro atoms. The van der Waals surface area contributed by atoms with Crippen LogP contribution in [0.3, 0.4) is 0 Å². The highest BCUT2D eigenvalue weighted by Crippen LogP contribution is 2.36. The molecular weight excluding hydrogens is 244 g/mol. The Kier molecular flexibility index (Phi) is 3.05. The molecule has 2 aliphatic rings. The van der Waals surface area contributed by atoms with Crippen LogP contribution in [0.5, 0.6) is 0 Å². The molecule has 1 aromatic rings. The van der Waals surface area contributed by atoms with E-state index in [2.05, 4.69) is 0 Å². The molecule has 1 saturated carbocycles. The van der Waals surface area contributed by atoms with Crippen LogP contribution in [0.15, 0.2) is 18.3 Å². The summed E-state index contributed by atoms with van der Waals surface area (Å²) >= 11 is 0. The van der Waals surface area contributed by atoms with E-state index in [0.717, 1.165) is 25.7 Å². The summed E-state index contributed by atoms with van der Waals surface area (Å²) in [6, 6.07) is 3.44. The van der Waals surface area contributed by atoms with Crippen LogP contribution in [-0.4, -0.2) is 39.0 Å². The van der Waals surface area contributed by atoms with Gasteiger partial charge in [-0.15, -0.1) is 0 Å². The van der Waals surface area contributed by atoms with Gasteiger partial charge in [-0.05, 0) is 44.2 Å². The lowest BCUT2D eigenvalue weighted by Gasteiger charge is -2.33. The molecule has 3 rings (SSSR count). The van der Waals surface area contributed by atoms with Crippen LogP contribution in [0.4, 0.5) is 0 Å². The van der Waals surface area contributed by atoms with Gasteiger partial charge in [0.15, 0.2) is 0 Å². The average Bonchev–Trinajstić information content (AvgIpc) is 3.15. The second-order valence-corrected chi connectivity index (χ2v) is 5.38. The Hall–Kier alpha value is -1.78. The Labute approximate surface area is 111 Å². The molecule has 2 fully saturated rings. The van der Waals surface area contributed by atoms with Gasteiger partial charge in [0.2, 0.25) is 0 Å². The van der Waals surface area contributed by atoms with E-state index in [1.54, 1.807) is 6.07 Å². The monoisotopic (exact) mass is 262 g/mol. The first-order valence-corrected chi connectivity index (χ1v) is 6.89. The van der Waals surface area contributed by atoms with Gasteiger partial charge in [-0.1, -0.05) is 0 Å². The first kappa shape index (κ1) is 12.3. The van der Waals surface area contributed by atoms with Crippen LogP contribution in [0.1, 0.15) is 48.6 Å². The van der Waals surface area contributed by atoms with Crippen LogP contribution in [0, 0.1) is 0 Å². The third-order valence-corrected chi connectivity index (χ3v) is 3.99. The number of carbonyl (C=O) groups is 2. The number of likely N-dealkylation sites (tertiary alicyclic amines) is 1. The largest absolute Gasteiger partial charge is 0.480 e. The lowest BCUT2D eigenvalue weighted by atomic mass is 10.0. The van der Waals surface area contributed by atoms with Gasteiger partial charge in [-0.25, -0.2) is 4.79 Å². The molecule has 1 saturated heterocycles. The van der Waals surface area contributed by atoms with E-state index < -0.39 is 12.0 Å². The van der Waals surface area contributed by atoms with Crippen LogP contribution < -0.4 is 0 Å². The van der Waals surface area contributed by atoms with Crippen molar-refractivity contribution in [1.82, 2.24) is 9.47 Å². The lowest BCUT2D eigenvalue weighted by molar-refractivity contribution is -0.143. The number of aliphatic carboxylic acids is 1. The first-order valence-electron chi connectivity index (χ1n) is 6.89. The summed E-state index contributed by atoms with van der Waals surface area (Å²) in [6.07, 6.45) is 6.47. The number of aromatic nitrogens is 1. The number of piperidine rings is 1. The molecule has 0 unspecified atom stereocenters. The van der Waals surface area contributed by atoms with Gasteiger partial charge < -0.3 is 14.6 Å². The molecule has 1 atom stereocenters. The van der Waals surface area contributed by atoms with E-state index in [1.165, 1.54) is 4.90 Å². The summed E-state index contributed by atoms with van der Waals surface area (Å²) in [5.41, 5.74) is 0.635. The number of hydrogen-bond acceptors (Lipinski definition) is 2. The number of carbonyl (C=O) groups excluding carboxylic acids is 1. The molecule has 1 aliphatic heterocycles. The second kappa shape index (κ2) is 4.72. The number of carboxylic acid groups (broad SMARTS) is 1. The number of amides is 1. The minimum absolute atomic E-state index is 0.135. The molecule has 1 N–H and O–H groups in total. The summed E-state index contributed by atoms with van der Waals surface area (Å²) in [4.78, 5) is 25.4. The van der Waals surface area contributed by atoms with Crippen molar-refractivity contribution >= 4 is 11.9 Å². The Balaban J connectivity index is 1.85. The van der Waals surface area contributed by atoms with Gasteiger partial charge in [-0.3, -0.25) is 4.79 Å². The highest BCUT2D eigenvalue weighted by atomic mass is 16.4. The smallest absolute Gasteiger partial charge is 0.326 e. The second-order valence-electron chi connectivity index (χ2n) is 5.38. The van der Waals surface area contributed by atoms with Gasteiger partial charge in [0.25, 0.3) is 5.91 Å². The van der Waals surface area contributed by atoms with Crippen molar-refractivity contribution in [2.45, 2.75) is 44.2 Å². The number of carboxylic acids is 1. The predicted molar refractivity (Wildman–Crippen MR) is 69.0 cm³/mol. The molecule has 5 heteroatoms. The number of nitrogens with zero attached hydrogens (tertiary/aromatic N) is 2. The van der Waals surface area contributed by atoms with Gasteiger partial charge in [0.1, 0.15) is 11.7 Å². The molecule has 1 aliphatic carbocycles. The van der Waals surface area contributed by atoms with E-state index in [0.29, 0.717) is 24.7 Å². The Morgan fingerprint density at radius 1 is 1.21 bits per heavy atom. The van der Waals surface area contributed by atoms with Crippen LogP contribution in [0.2, 0.25) is 0 Å². The Morgan fingerprint density at radius 2 is 2.00 bits per heavy atom. The maximum absolute atomic E-state index is 12.6. The van der Waals surface area contributed by atoms with Crippen molar-refractivity contribution in [3.05, 3.63) is 24.0 Å². The minimum atomic E-state index is -0.891. The summed E-state index contributed by atoms with van der Waals surface area (Å²) in [7, 11) is 0. The van der Waals surface area contributed by atoms with Gasteiger partial charge >= 0.3 is 5.97 Å². The summed E-state index contributed by atoms with van der Waals surface area (Å²) < 4.78 is 2.00. The lowest BCUT2D eigenvalue weighted by Crippen LogP contribution is -2.48. The van der Waals surface area contributed by atoms with Crippen molar-refractivity contribution in [2.24, 2.45) is 0 Å². The highest BCUT2D eigenvalue weighted by molar-refractivity contribution is 5.95. The predicted octanol–water partition coefficient (Wildman–Crippen LogP) is 1.90. The fraction of sp³-hybridized carbons (Fsp3) is 0.571. The van der Waals surface area contributed by atoms with E-state index in [-0.39, 0.29) is 5.91 Å². The average molecular weight is 262 g/mol. The SMILES string of the molecule is O=C(O)[C@H]1CCCCN1C(=O)c1cccn1C1CC1. The maximum Gasteiger partial charge on any atom is 0.326 e. The molecule has 5 nitrogen and oxygen atoms in total. The van der Waals surface area contributed by atoms with Crippen LogP contribution in [0.25, 0.3) is 0 Å². The van der Waals surface area contributed by atoms with E-state index in [4.69, 9.17) is 0 Å². The molecule has 1 aromatic heterocycles. The number of rotatable bonds is 3. The molecule has 0 aromatic carbocycles. The van der Waals surface area contributed by atoms with Gasteiger partial charge in [0.05, 0.1) is 0 Å². The van der Waals surface area contributed by atoms with Crippen molar-refractivity contribution in [3.63, 3.8) is 0 Å². The molecule has 0 radical (unpaired) electrons. The van der Waals surface area contributed by atoms with E-state index in [9.17, 15) is 14.7 Å². The normalized spacial score (nSPS) is 23.4. The molecule has 0 bridgehead atoms.